The van der Waals surface area contributed by atoms with Crippen molar-refractivity contribution in [3.8, 4) is 0 Å². The molecule has 2 aromatic carbocycles. The van der Waals surface area contributed by atoms with E-state index in [0.717, 1.165) is 22.3 Å². The number of nitrogens with zero attached hydrogens (tertiary/aromatic N) is 3. The van der Waals surface area contributed by atoms with Gasteiger partial charge in [0.05, 0.1) is 29.0 Å². The molecule has 0 saturated carbocycles. The van der Waals surface area contributed by atoms with Crippen molar-refractivity contribution in [1.82, 2.24) is 25.3 Å². The molecule has 2 aromatic heterocycles. The third-order valence-corrected chi connectivity index (χ3v) is 4.34. The number of nitrogens with one attached hydrogen (secondary N) is 2. The van der Waals surface area contributed by atoms with E-state index in [-0.39, 0.29) is 17.6 Å². The minimum atomic E-state index is -0.310. The maximum Gasteiger partial charge on any atom is 0.272 e. The van der Waals surface area contributed by atoms with Crippen LogP contribution in [0.5, 0.6) is 0 Å². The highest BCUT2D eigenvalue weighted by Crippen LogP contribution is 2.20. The van der Waals surface area contributed by atoms with E-state index < -0.39 is 0 Å². The van der Waals surface area contributed by atoms with Crippen LogP contribution in [0.4, 0.5) is 0 Å². The van der Waals surface area contributed by atoms with Gasteiger partial charge in [-0.2, -0.15) is 0 Å². The van der Waals surface area contributed by atoms with Gasteiger partial charge in [0, 0.05) is 6.20 Å². The molecular formula is C21H19N5O. The third kappa shape index (κ3) is 3.84. The SMILES string of the molecule is Cc1cnc(C(=O)NC(Cc2ccccc2)c2nc3ccccc3[nH]2)cn1. The van der Waals surface area contributed by atoms with Gasteiger partial charge >= 0.3 is 0 Å². The highest BCUT2D eigenvalue weighted by atomic mass is 16.2. The molecule has 1 unspecified atom stereocenters. The van der Waals surface area contributed by atoms with Crippen molar-refractivity contribution in [2.45, 2.75) is 19.4 Å². The van der Waals surface area contributed by atoms with E-state index in [1.54, 1.807) is 6.20 Å². The fraction of sp³-hybridized carbons (Fsp3) is 0.143. The number of imidazole rings is 1. The summed E-state index contributed by atoms with van der Waals surface area (Å²) in [4.78, 5) is 29.0. The predicted molar refractivity (Wildman–Crippen MR) is 103 cm³/mol. The summed E-state index contributed by atoms with van der Waals surface area (Å²) in [6, 6.07) is 17.5. The molecule has 0 saturated heterocycles. The van der Waals surface area contributed by atoms with E-state index in [1.165, 1.54) is 6.20 Å². The molecule has 0 bridgehead atoms. The minimum absolute atomic E-state index is 0.274. The molecule has 0 aliphatic heterocycles. The van der Waals surface area contributed by atoms with Crippen LogP contribution in [0.25, 0.3) is 11.0 Å². The number of para-hydroxylation sites is 2. The molecule has 4 aromatic rings. The van der Waals surface area contributed by atoms with E-state index in [9.17, 15) is 4.79 Å². The lowest BCUT2D eigenvalue weighted by Gasteiger charge is -2.16. The van der Waals surface area contributed by atoms with Gasteiger partial charge in [0.25, 0.3) is 5.91 Å². The number of hydrogen-bond acceptors (Lipinski definition) is 4. The van der Waals surface area contributed by atoms with Crippen LogP contribution in [-0.2, 0) is 6.42 Å². The zero-order chi connectivity index (χ0) is 18.6. The molecule has 6 nitrogen and oxygen atoms in total. The van der Waals surface area contributed by atoms with Gasteiger partial charge in [-0.3, -0.25) is 9.78 Å². The Morgan fingerprint density at radius 2 is 1.81 bits per heavy atom. The Labute approximate surface area is 156 Å². The first kappa shape index (κ1) is 16.9. The Balaban J connectivity index is 1.64. The second-order valence-corrected chi connectivity index (χ2v) is 6.40. The number of aryl methyl sites for hydroxylation is 1. The van der Waals surface area contributed by atoms with Crippen molar-refractivity contribution >= 4 is 16.9 Å². The lowest BCUT2D eigenvalue weighted by Crippen LogP contribution is -2.31. The van der Waals surface area contributed by atoms with Gasteiger partial charge in [0.15, 0.2) is 0 Å². The zero-order valence-electron chi connectivity index (χ0n) is 14.9. The second-order valence-electron chi connectivity index (χ2n) is 6.40. The topological polar surface area (TPSA) is 83.6 Å². The number of rotatable bonds is 5. The van der Waals surface area contributed by atoms with Crippen LogP contribution in [0.1, 0.15) is 33.6 Å². The smallest absolute Gasteiger partial charge is 0.272 e. The molecule has 1 amide bonds. The standard InChI is InChI=1S/C21H19N5O/c1-14-12-23-19(13-22-14)21(27)26-18(11-15-7-3-2-4-8-15)20-24-16-9-5-6-10-17(16)25-20/h2-10,12-13,18H,11H2,1H3,(H,24,25)(H,26,27). The van der Waals surface area contributed by atoms with E-state index in [1.807, 2.05) is 61.5 Å². The Morgan fingerprint density at radius 1 is 1.04 bits per heavy atom. The molecule has 2 N–H and O–H groups in total. The number of fused-ring (bicyclic) bond motifs is 1. The first-order valence-corrected chi connectivity index (χ1v) is 8.77. The van der Waals surface area contributed by atoms with Gasteiger partial charge in [-0.05, 0) is 31.0 Å². The molecule has 6 heteroatoms. The number of carbonyl (C=O) groups excluding carboxylic acids is 1. The molecule has 0 spiro atoms. The van der Waals surface area contributed by atoms with Gasteiger partial charge in [-0.25, -0.2) is 9.97 Å². The van der Waals surface area contributed by atoms with Gasteiger partial charge in [0.2, 0.25) is 0 Å². The summed E-state index contributed by atoms with van der Waals surface area (Å²) in [5.41, 5.74) is 3.97. The van der Waals surface area contributed by atoms with Gasteiger partial charge in [-0.15, -0.1) is 0 Å². The van der Waals surface area contributed by atoms with E-state index >= 15 is 0 Å². The first-order valence-electron chi connectivity index (χ1n) is 8.77. The molecule has 27 heavy (non-hydrogen) atoms. The van der Waals surface area contributed by atoms with E-state index in [2.05, 4.69) is 25.3 Å². The van der Waals surface area contributed by atoms with Gasteiger partial charge in [0.1, 0.15) is 11.5 Å². The number of aromatic amines is 1. The Kier molecular flexibility index (Phi) is 4.61. The Hall–Kier alpha value is -3.54. The second kappa shape index (κ2) is 7.37. The molecule has 0 aliphatic carbocycles. The number of amides is 1. The normalized spacial score (nSPS) is 12.0. The summed E-state index contributed by atoms with van der Waals surface area (Å²) in [6.45, 7) is 1.83. The van der Waals surface area contributed by atoms with Crippen LogP contribution in [0.3, 0.4) is 0 Å². The lowest BCUT2D eigenvalue weighted by atomic mass is 10.1. The third-order valence-electron chi connectivity index (χ3n) is 4.34. The fourth-order valence-corrected chi connectivity index (χ4v) is 2.95. The average molecular weight is 357 g/mol. The molecular weight excluding hydrogens is 338 g/mol. The summed E-state index contributed by atoms with van der Waals surface area (Å²) in [5, 5.41) is 3.04. The number of aromatic nitrogens is 4. The Bertz CT molecular complexity index is 1020. The van der Waals surface area contributed by atoms with Crippen molar-refractivity contribution in [2.75, 3.05) is 0 Å². The number of hydrogen-bond donors (Lipinski definition) is 2. The van der Waals surface area contributed by atoms with Crippen LogP contribution in [0, 0.1) is 6.92 Å². The van der Waals surface area contributed by atoms with Crippen molar-refractivity contribution in [1.29, 1.82) is 0 Å². The summed E-state index contributed by atoms with van der Waals surface area (Å²) in [5.74, 6) is 0.442. The summed E-state index contributed by atoms with van der Waals surface area (Å²) < 4.78 is 0. The van der Waals surface area contributed by atoms with Crippen molar-refractivity contribution in [3.63, 3.8) is 0 Å². The fourth-order valence-electron chi connectivity index (χ4n) is 2.95. The number of H-pyrrole nitrogens is 1. The summed E-state index contributed by atoms with van der Waals surface area (Å²) >= 11 is 0. The lowest BCUT2D eigenvalue weighted by molar-refractivity contribution is 0.0929. The zero-order valence-corrected chi connectivity index (χ0v) is 14.9. The van der Waals surface area contributed by atoms with Crippen LogP contribution in [-0.4, -0.2) is 25.8 Å². The first-order chi connectivity index (χ1) is 13.2. The van der Waals surface area contributed by atoms with Crippen molar-refractivity contribution in [3.05, 3.63) is 89.8 Å². The molecule has 0 radical (unpaired) electrons. The van der Waals surface area contributed by atoms with Gasteiger partial charge in [-0.1, -0.05) is 42.5 Å². The maximum atomic E-state index is 12.7. The van der Waals surface area contributed by atoms with Crippen molar-refractivity contribution in [2.24, 2.45) is 0 Å². The van der Waals surface area contributed by atoms with Crippen LogP contribution in [0.2, 0.25) is 0 Å². The maximum absolute atomic E-state index is 12.7. The molecule has 134 valence electrons. The highest BCUT2D eigenvalue weighted by Gasteiger charge is 2.20. The largest absolute Gasteiger partial charge is 0.340 e. The van der Waals surface area contributed by atoms with E-state index in [0.29, 0.717) is 12.2 Å². The molecule has 1 atom stereocenters. The number of carbonyl (C=O) groups is 1. The van der Waals surface area contributed by atoms with Crippen LogP contribution in [0.15, 0.2) is 67.0 Å². The number of benzene rings is 2. The quantitative estimate of drug-likeness (QED) is 0.573. The molecule has 2 heterocycles. The summed E-state index contributed by atoms with van der Waals surface area (Å²) in [7, 11) is 0. The highest BCUT2D eigenvalue weighted by molar-refractivity contribution is 5.92. The van der Waals surface area contributed by atoms with Crippen molar-refractivity contribution < 1.29 is 4.79 Å². The van der Waals surface area contributed by atoms with E-state index in [4.69, 9.17) is 0 Å². The minimum Gasteiger partial charge on any atom is -0.340 e. The van der Waals surface area contributed by atoms with Crippen LogP contribution < -0.4 is 5.32 Å². The average Bonchev–Trinajstić information content (AvgIpc) is 3.13. The monoisotopic (exact) mass is 357 g/mol. The Morgan fingerprint density at radius 3 is 2.56 bits per heavy atom. The molecule has 0 fully saturated rings. The van der Waals surface area contributed by atoms with Gasteiger partial charge < -0.3 is 10.3 Å². The summed E-state index contributed by atoms with van der Waals surface area (Å²) in [6.07, 6.45) is 3.69. The molecule has 0 aliphatic rings. The van der Waals surface area contributed by atoms with Crippen LogP contribution >= 0.6 is 0 Å². The molecule has 4 rings (SSSR count). The predicted octanol–water partition coefficient (Wildman–Crippen LogP) is 3.38.